The second-order valence-electron chi connectivity index (χ2n) is 5.83. The highest BCUT2D eigenvalue weighted by Crippen LogP contribution is 2.37. The van der Waals surface area contributed by atoms with Gasteiger partial charge in [-0.25, -0.2) is 0 Å². The molecule has 0 bridgehead atoms. The molecule has 1 N–H and O–H groups in total. The zero-order valence-electron chi connectivity index (χ0n) is 12.9. The number of benzene rings is 2. The van der Waals surface area contributed by atoms with E-state index in [9.17, 15) is 5.11 Å². The summed E-state index contributed by atoms with van der Waals surface area (Å²) >= 11 is 0. The fourth-order valence-corrected chi connectivity index (χ4v) is 3.46. The molecule has 0 saturated carbocycles. The van der Waals surface area contributed by atoms with Gasteiger partial charge in [0, 0.05) is 19.1 Å². The Kier molecular flexibility index (Phi) is 3.28. The minimum absolute atomic E-state index is 0. The Bertz CT molecular complexity index is 1120. The van der Waals surface area contributed by atoms with Gasteiger partial charge in [-0.2, -0.15) is 4.40 Å². The molecule has 0 fully saturated rings. The van der Waals surface area contributed by atoms with Crippen molar-refractivity contribution in [3.63, 3.8) is 0 Å². The highest BCUT2D eigenvalue weighted by atomic mass is 79.9. The second kappa shape index (κ2) is 5.24. The number of phenolic OH excluding ortho intramolecular Hbond substituents is 1. The summed E-state index contributed by atoms with van der Waals surface area (Å²) in [7, 11) is 0. The normalized spacial score (nSPS) is 12.7. The largest absolute Gasteiger partial charge is 1.00 e. The Balaban J connectivity index is 0.00000146. The van der Waals surface area contributed by atoms with Crippen molar-refractivity contribution >= 4 is 27.1 Å². The van der Waals surface area contributed by atoms with Gasteiger partial charge in [-0.15, -0.1) is 0 Å². The Labute approximate surface area is 148 Å². The van der Waals surface area contributed by atoms with Gasteiger partial charge in [0.2, 0.25) is 12.3 Å². The number of hydrogen-bond donors (Lipinski definition) is 1. The number of aromatic hydroxyl groups is 1. The smallest absolute Gasteiger partial charge is 0.231 e. The van der Waals surface area contributed by atoms with Gasteiger partial charge in [-0.1, -0.05) is 12.1 Å². The third-order valence-corrected chi connectivity index (χ3v) is 4.57. The zero-order valence-corrected chi connectivity index (χ0v) is 14.5. The Morgan fingerprint density at radius 1 is 1.00 bits per heavy atom. The fourth-order valence-electron chi connectivity index (χ4n) is 3.46. The number of ether oxygens (including phenoxy) is 2. The molecule has 1 aliphatic heterocycles. The number of phenols is 1. The van der Waals surface area contributed by atoms with Gasteiger partial charge >= 0.3 is 0 Å². The van der Waals surface area contributed by atoms with E-state index in [1.807, 2.05) is 37.4 Å². The van der Waals surface area contributed by atoms with Gasteiger partial charge in [0.05, 0.1) is 10.8 Å². The molecule has 0 amide bonds. The summed E-state index contributed by atoms with van der Waals surface area (Å²) in [6.45, 7) is 2.29. The SMILES string of the molecule is Cc1c2c(O)cccc2cc2c3cc4c(cc3cc[n+]12)OCO4.[Br-]. The van der Waals surface area contributed by atoms with Crippen molar-refractivity contribution < 1.29 is 36.0 Å². The molecule has 2 aromatic carbocycles. The van der Waals surface area contributed by atoms with Gasteiger partial charge in [0.25, 0.3) is 0 Å². The summed E-state index contributed by atoms with van der Waals surface area (Å²) in [6.07, 6.45) is 2.03. The molecular weight excluding hydrogens is 370 g/mol. The van der Waals surface area contributed by atoms with Crippen LogP contribution in [0.1, 0.15) is 5.69 Å². The summed E-state index contributed by atoms with van der Waals surface area (Å²) in [5.41, 5.74) is 2.09. The van der Waals surface area contributed by atoms with E-state index in [-0.39, 0.29) is 23.8 Å². The first-order valence-corrected chi connectivity index (χ1v) is 7.51. The van der Waals surface area contributed by atoms with Crippen LogP contribution in [0.4, 0.5) is 0 Å². The summed E-state index contributed by atoms with van der Waals surface area (Å²) in [4.78, 5) is 0. The van der Waals surface area contributed by atoms with Gasteiger partial charge in [-0.3, -0.25) is 0 Å². The van der Waals surface area contributed by atoms with E-state index < -0.39 is 0 Å². The summed E-state index contributed by atoms with van der Waals surface area (Å²) < 4.78 is 13.1. The van der Waals surface area contributed by atoms with E-state index in [1.54, 1.807) is 6.07 Å². The molecule has 120 valence electrons. The lowest BCUT2D eigenvalue weighted by atomic mass is 10.0. The number of hydrogen-bond acceptors (Lipinski definition) is 3. The first kappa shape index (κ1) is 15.0. The van der Waals surface area contributed by atoms with Crippen molar-refractivity contribution in [3.05, 3.63) is 54.4 Å². The molecule has 0 radical (unpaired) electrons. The second-order valence-corrected chi connectivity index (χ2v) is 5.83. The van der Waals surface area contributed by atoms with E-state index in [0.29, 0.717) is 5.75 Å². The Hall–Kier alpha value is -2.53. The van der Waals surface area contributed by atoms with Crippen molar-refractivity contribution in [2.75, 3.05) is 6.79 Å². The van der Waals surface area contributed by atoms with Crippen LogP contribution in [0.5, 0.6) is 17.2 Å². The molecule has 24 heavy (non-hydrogen) atoms. The molecule has 5 rings (SSSR count). The molecule has 0 atom stereocenters. The van der Waals surface area contributed by atoms with Crippen LogP contribution in [0.25, 0.3) is 27.1 Å². The monoisotopic (exact) mass is 383 g/mol. The maximum atomic E-state index is 10.2. The van der Waals surface area contributed by atoms with E-state index in [2.05, 4.69) is 16.5 Å². The minimum atomic E-state index is 0. The molecule has 0 aliphatic carbocycles. The third-order valence-electron chi connectivity index (χ3n) is 4.57. The lowest BCUT2D eigenvalue weighted by Gasteiger charge is -2.06. The van der Waals surface area contributed by atoms with Crippen molar-refractivity contribution in [2.24, 2.45) is 0 Å². The van der Waals surface area contributed by atoms with Crippen LogP contribution in [-0.4, -0.2) is 11.9 Å². The summed E-state index contributed by atoms with van der Waals surface area (Å²) in [5, 5.41) is 14.3. The van der Waals surface area contributed by atoms with Gasteiger partial charge in [-0.05, 0) is 29.0 Å². The number of rotatable bonds is 0. The maximum Gasteiger partial charge on any atom is 0.231 e. The number of fused-ring (bicyclic) bond motifs is 5. The number of halogens is 1. The third kappa shape index (κ3) is 1.94. The van der Waals surface area contributed by atoms with E-state index in [4.69, 9.17) is 9.47 Å². The van der Waals surface area contributed by atoms with Gasteiger partial charge in [0.1, 0.15) is 5.75 Å². The molecule has 0 spiro atoms. The molecule has 1 aliphatic rings. The summed E-state index contributed by atoms with van der Waals surface area (Å²) in [5.74, 6) is 1.87. The topological polar surface area (TPSA) is 42.8 Å². The van der Waals surface area contributed by atoms with Crippen LogP contribution >= 0.6 is 0 Å². The molecular formula is C19H14BrNO3. The number of aryl methyl sites for hydroxylation is 1. The number of nitrogens with zero attached hydrogens (tertiary/aromatic N) is 1. The zero-order chi connectivity index (χ0) is 15.6. The van der Waals surface area contributed by atoms with Gasteiger partial charge < -0.3 is 31.6 Å². The Morgan fingerprint density at radius 2 is 1.79 bits per heavy atom. The maximum absolute atomic E-state index is 10.2. The van der Waals surface area contributed by atoms with Crippen LogP contribution in [-0.2, 0) is 0 Å². The lowest BCUT2D eigenvalue weighted by Crippen LogP contribution is -3.00. The molecule has 5 heteroatoms. The predicted octanol–water partition coefficient (Wildman–Crippen LogP) is 0.478. The first-order valence-electron chi connectivity index (χ1n) is 7.51. The van der Waals surface area contributed by atoms with Crippen molar-refractivity contribution in [3.8, 4) is 17.2 Å². The molecule has 2 aromatic heterocycles. The van der Waals surface area contributed by atoms with E-state index >= 15 is 0 Å². The highest BCUT2D eigenvalue weighted by Gasteiger charge is 2.20. The van der Waals surface area contributed by atoms with E-state index in [1.165, 1.54) is 0 Å². The fraction of sp³-hybridized carbons (Fsp3) is 0.105. The van der Waals surface area contributed by atoms with Crippen molar-refractivity contribution in [2.45, 2.75) is 6.92 Å². The molecule has 4 aromatic rings. The number of aromatic nitrogens is 1. The standard InChI is InChI=1S/C19H13NO3.BrH/c1-11-19-13(3-2-4-16(19)21)7-15-14-9-18-17(22-10-23-18)8-12(14)5-6-20(11)15;/h2-9H,10H2,1H3;1H. The van der Waals surface area contributed by atoms with Crippen LogP contribution < -0.4 is 30.9 Å². The van der Waals surface area contributed by atoms with Gasteiger partial charge in [0.15, 0.2) is 23.4 Å². The van der Waals surface area contributed by atoms with Crippen LogP contribution in [0.2, 0.25) is 0 Å². The lowest BCUT2D eigenvalue weighted by molar-refractivity contribution is -0.516. The van der Waals surface area contributed by atoms with Crippen LogP contribution in [0.15, 0.2) is 48.7 Å². The first-order chi connectivity index (χ1) is 11.2. The summed E-state index contributed by atoms with van der Waals surface area (Å²) in [6, 6.07) is 13.8. The van der Waals surface area contributed by atoms with E-state index in [0.717, 1.165) is 44.3 Å². The Morgan fingerprint density at radius 3 is 2.62 bits per heavy atom. The van der Waals surface area contributed by atoms with Crippen molar-refractivity contribution in [1.29, 1.82) is 0 Å². The minimum Gasteiger partial charge on any atom is -1.00 e. The molecule has 3 heterocycles. The average Bonchev–Trinajstić information content (AvgIpc) is 3.00. The highest BCUT2D eigenvalue weighted by molar-refractivity contribution is 6.00. The van der Waals surface area contributed by atoms with Crippen molar-refractivity contribution in [1.82, 2.24) is 0 Å². The quantitative estimate of drug-likeness (QED) is 0.273. The molecule has 4 nitrogen and oxygen atoms in total. The predicted molar refractivity (Wildman–Crippen MR) is 87.1 cm³/mol. The molecule has 0 unspecified atom stereocenters. The number of pyridine rings is 2. The van der Waals surface area contributed by atoms with Crippen LogP contribution in [0.3, 0.4) is 0 Å². The van der Waals surface area contributed by atoms with Crippen LogP contribution in [0, 0.1) is 6.92 Å². The average molecular weight is 384 g/mol. The molecule has 0 saturated heterocycles.